The van der Waals surface area contributed by atoms with E-state index < -0.39 is 0 Å². The Labute approximate surface area is 83.0 Å². The molecular formula is C8H17IO2. The topological polar surface area (TPSA) is 29.5 Å². The molecule has 0 aliphatic heterocycles. The minimum Gasteiger partial charge on any atom is -0.391 e. The van der Waals surface area contributed by atoms with Gasteiger partial charge in [-0.25, -0.2) is 0 Å². The molecule has 1 atom stereocenters. The lowest BCUT2D eigenvalue weighted by Gasteiger charge is -2.08. The monoisotopic (exact) mass is 272 g/mol. The van der Waals surface area contributed by atoms with E-state index in [2.05, 4.69) is 13.8 Å². The molecule has 68 valence electrons. The minimum absolute atomic E-state index is 0.273. The Hall–Kier alpha value is 0.650. The fourth-order valence-corrected chi connectivity index (χ4v) is 1.33. The van der Waals surface area contributed by atoms with Gasteiger partial charge in [0.25, 0.3) is 0 Å². The number of halogens is 1. The highest BCUT2D eigenvalue weighted by molar-refractivity contribution is 14.1. The molecule has 3 heteroatoms. The first kappa shape index (κ1) is 11.6. The summed E-state index contributed by atoms with van der Waals surface area (Å²) >= 11 is 1.81. The van der Waals surface area contributed by atoms with E-state index in [1.165, 1.54) is 6.42 Å². The van der Waals surface area contributed by atoms with Gasteiger partial charge in [-0.05, 0) is 12.3 Å². The Kier molecular flexibility index (Phi) is 7.74. The third-order valence-corrected chi connectivity index (χ3v) is 1.93. The SMILES string of the molecule is CC(C)CCCC(O)COI. The van der Waals surface area contributed by atoms with Crippen molar-refractivity contribution in [3.05, 3.63) is 0 Å². The number of aliphatic hydroxyl groups is 1. The summed E-state index contributed by atoms with van der Waals surface area (Å²) < 4.78 is 4.78. The minimum atomic E-state index is -0.273. The molecule has 0 aliphatic rings. The Balaban J connectivity index is 3.10. The zero-order valence-corrected chi connectivity index (χ0v) is 9.37. The normalized spacial score (nSPS) is 13.9. The molecule has 0 aromatic heterocycles. The van der Waals surface area contributed by atoms with Crippen molar-refractivity contribution in [1.82, 2.24) is 0 Å². The molecule has 0 spiro atoms. The van der Waals surface area contributed by atoms with Gasteiger partial charge in [0, 0.05) is 0 Å². The first-order valence-corrected chi connectivity index (χ1v) is 4.96. The Morgan fingerprint density at radius 2 is 2.00 bits per heavy atom. The quantitative estimate of drug-likeness (QED) is 0.753. The van der Waals surface area contributed by atoms with E-state index in [4.69, 9.17) is 3.07 Å². The van der Waals surface area contributed by atoms with Gasteiger partial charge in [-0.1, -0.05) is 26.7 Å². The molecule has 0 rings (SSSR count). The van der Waals surface area contributed by atoms with Crippen molar-refractivity contribution in [3.8, 4) is 0 Å². The maximum Gasteiger partial charge on any atom is 0.109 e. The smallest absolute Gasteiger partial charge is 0.109 e. The van der Waals surface area contributed by atoms with Crippen LogP contribution < -0.4 is 0 Å². The second kappa shape index (κ2) is 7.31. The van der Waals surface area contributed by atoms with Crippen LogP contribution in [-0.2, 0) is 3.07 Å². The number of hydrogen-bond acceptors (Lipinski definition) is 2. The van der Waals surface area contributed by atoms with Crippen LogP contribution in [0, 0.1) is 5.92 Å². The van der Waals surface area contributed by atoms with E-state index in [1.807, 2.05) is 23.0 Å². The van der Waals surface area contributed by atoms with E-state index in [0.717, 1.165) is 18.8 Å². The summed E-state index contributed by atoms with van der Waals surface area (Å²) in [7, 11) is 0. The molecule has 0 saturated heterocycles. The summed E-state index contributed by atoms with van der Waals surface area (Å²) in [5.41, 5.74) is 0. The largest absolute Gasteiger partial charge is 0.391 e. The Morgan fingerprint density at radius 3 is 2.45 bits per heavy atom. The van der Waals surface area contributed by atoms with Crippen molar-refractivity contribution in [2.75, 3.05) is 6.61 Å². The van der Waals surface area contributed by atoms with Crippen LogP contribution in [0.15, 0.2) is 0 Å². The lowest BCUT2D eigenvalue weighted by atomic mass is 10.0. The molecule has 0 aromatic carbocycles. The van der Waals surface area contributed by atoms with Gasteiger partial charge in [-0.2, -0.15) is 0 Å². The molecule has 2 nitrogen and oxygen atoms in total. The molecule has 1 N–H and O–H groups in total. The van der Waals surface area contributed by atoms with E-state index in [0.29, 0.717) is 6.61 Å². The van der Waals surface area contributed by atoms with Gasteiger partial charge in [0.05, 0.1) is 12.7 Å². The third kappa shape index (κ3) is 8.56. The van der Waals surface area contributed by atoms with E-state index in [-0.39, 0.29) is 6.10 Å². The summed E-state index contributed by atoms with van der Waals surface area (Å²) in [5, 5.41) is 9.23. The molecule has 0 saturated carbocycles. The van der Waals surface area contributed by atoms with Crippen LogP contribution in [0.25, 0.3) is 0 Å². The van der Waals surface area contributed by atoms with Crippen molar-refractivity contribution in [1.29, 1.82) is 0 Å². The van der Waals surface area contributed by atoms with Crippen LogP contribution in [0.2, 0.25) is 0 Å². The molecule has 0 bridgehead atoms. The summed E-state index contributed by atoms with van der Waals surface area (Å²) in [5.74, 6) is 0.739. The summed E-state index contributed by atoms with van der Waals surface area (Å²) in [4.78, 5) is 0. The van der Waals surface area contributed by atoms with Crippen LogP contribution in [0.4, 0.5) is 0 Å². The average Bonchev–Trinajstić information content (AvgIpc) is 1.87. The second-order valence-corrected chi connectivity index (χ2v) is 3.88. The predicted octanol–water partition coefficient (Wildman–Crippen LogP) is 2.54. The van der Waals surface area contributed by atoms with Gasteiger partial charge in [0.1, 0.15) is 23.0 Å². The van der Waals surface area contributed by atoms with Gasteiger partial charge >= 0.3 is 0 Å². The molecule has 0 aromatic rings. The Bertz CT molecular complexity index is 86.2. The second-order valence-electron chi connectivity index (χ2n) is 3.25. The van der Waals surface area contributed by atoms with Crippen LogP contribution in [0.5, 0.6) is 0 Å². The van der Waals surface area contributed by atoms with Crippen LogP contribution in [0.3, 0.4) is 0 Å². The molecule has 0 heterocycles. The van der Waals surface area contributed by atoms with E-state index >= 15 is 0 Å². The Morgan fingerprint density at radius 1 is 1.36 bits per heavy atom. The zero-order valence-electron chi connectivity index (χ0n) is 7.22. The van der Waals surface area contributed by atoms with Crippen molar-refractivity contribution in [2.24, 2.45) is 5.92 Å². The highest BCUT2D eigenvalue weighted by Crippen LogP contribution is 2.08. The maximum atomic E-state index is 9.23. The molecule has 0 fully saturated rings. The molecule has 0 amide bonds. The van der Waals surface area contributed by atoms with Crippen molar-refractivity contribution in [2.45, 2.75) is 39.2 Å². The summed E-state index contributed by atoms with van der Waals surface area (Å²) in [6.45, 7) is 4.85. The van der Waals surface area contributed by atoms with Crippen LogP contribution in [-0.4, -0.2) is 17.8 Å². The van der Waals surface area contributed by atoms with Gasteiger partial charge < -0.3 is 8.17 Å². The third-order valence-electron chi connectivity index (χ3n) is 1.57. The van der Waals surface area contributed by atoms with Crippen molar-refractivity contribution in [3.63, 3.8) is 0 Å². The summed E-state index contributed by atoms with van der Waals surface area (Å²) in [6.07, 6.45) is 2.88. The lowest BCUT2D eigenvalue weighted by molar-refractivity contribution is 0.117. The first-order valence-electron chi connectivity index (χ1n) is 4.08. The average molecular weight is 272 g/mol. The van der Waals surface area contributed by atoms with Gasteiger partial charge in [0.15, 0.2) is 0 Å². The first-order chi connectivity index (χ1) is 5.16. The van der Waals surface area contributed by atoms with Crippen molar-refractivity contribution >= 4 is 23.0 Å². The predicted molar refractivity (Wildman–Crippen MR) is 54.7 cm³/mol. The van der Waals surface area contributed by atoms with Crippen LogP contribution >= 0.6 is 23.0 Å². The van der Waals surface area contributed by atoms with E-state index in [9.17, 15) is 5.11 Å². The number of hydrogen-bond donors (Lipinski definition) is 1. The zero-order chi connectivity index (χ0) is 8.69. The number of rotatable bonds is 6. The van der Waals surface area contributed by atoms with Crippen LogP contribution in [0.1, 0.15) is 33.1 Å². The van der Waals surface area contributed by atoms with Gasteiger partial charge in [-0.15, -0.1) is 0 Å². The van der Waals surface area contributed by atoms with Crippen molar-refractivity contribution < 1.29 is 8.17 Å². The molecule has 11 heavy (non-hydrogen) atoms. The highest BCUT2D eigenvalue weighted by atomic mass is 127. The van der Waals surface area contributed by atoms with E-state index in [1.54, 1.807) is 0 Å². The maximum absolute atomic E-state index is 9.23. The molecular weight excluding hydrogens is 255 g/mol. The highest BCUT2D eigenvalue weighted by Gasteiger charge is 2.03. The molecule has 0 aliphatic carbocycles. The van der Waals surface area contributed by atoms with Gasteiger partial charge in [0.2, 0.25) is 0 Å². The molecule has 0 radical (unpaired) electrons. The standard InChI is InChI=1S/C8H17IO2/c1-7(2)4-3-5-8(10)6-11-9/h7-8,10H,3-6H2,1-2H3. The lowest BCUT2D eigenvalue weighted by Crippen LogP contribution is -2.12. The molecule has 1 unspecified atom stereocenters. The summed E-state index contributed by atoms with van der Waals surface area (Å²) in [6, 6.07) is 0. The number of aliphatic hydroxyl groups excluding tert-OH is 1. The van der Waals surface area contributed by atoms with Gasteiger partial charge in [-0.3, -0.25) is 0 Å². The fourth-order valence-electron chi connectivity index (χ4n) is 0.918. The fraction of sp³-hybridized carbons (Fsp3) is 1.00.